The summed E-state index contributed by atoms with van der Waals surface area (Å²) in [4.78, 5) is 24.9. The minimum atomic E-state index is -0.421. The third kappa shape index (κ3) is 2.77. The number of carbonyl (C=O) groups excluding carboxylic acids is 2. The SMILES string of the molecule is CCOC(=O)c1[nH]c(C)c(/C(Cl)=C\C=O)c1C. The number of aromatic nitrogens is 1. The number of ether oxygens (including phenoxy) is 1. The number of rotatable bonds is 4. The molecular formula is C12H14ClNO3. The number of hydrogen-bond acceptors (Lipinski definition) is 3. The molecule has 0 aliphatic rings. The van der Waals surface area contributed by atoms with Crippen LogP contribution in [0.15, 0.2) is 6.08 Å². The molecular weight excluding hydrogens is 242 g/mol. The van der Waals surface area contributed by atoms with Crippen molar-refractivity contribution in [1.82, 2.24) is 4.98 Å². The number of esters is 1. The molecule has 0 aliphatic heterocycles. The fourth-order valence-corrected chi connectivity index (χ4v) is 1.99. The molecule has 5 heteroatoms. The van der Waals surface area contributed by atoms with Crippen LogP contribution in [0.3, 0.4) is 0 Å². The molecule has 0 saturated heterocycles. The zero-order chi connectivity index (χ0) is 13.0. The quantitative estimate of drug-likeness (QED) is 0.511. The van der Waals surface area contributed by atoms with E-state index in [1.54, 1.807) is 20.8 Å². The van der Waals surface area contributed by atoms with Crippen LogP contribution in [0.4, 0.5) is 0 Å². The average molecular weight is 256 g/mol. The van der Waals surface area contributed by atoms with E-state index in [4.69, 9.17) is 16.3 Å². The minimum absolute atomic E-state index is 0.307. The zero-order valence-electron chi connectivity index (χ0n) is 9.96. The maximum absolute atomic E-state index is 11.6. The Kier molecular flexibility index (Phi) is 4.52. The second kappa shape index (κ2) is 5.68. The fraction of sp³-hybridized carbons (Fsp3) is 0.333. The Morgan fingerprint density at radius 1 is 1.47 bits per heavy atom. The van der Waals surface area contributed by atoms with E-state index in [0.29, 0.717) is 34.7 Å². The van der Waals surface area contributed by atoms with Crippen LogP contribution in [0.5, 0.6) is 0 Å². The largest absolute Gasteiger partial charge is 0.461 e. The first kappa shape index (κ1) is 13.5. The summed E-state index contributed by atoms with van der Waals surface area (Å²) >= 11 is 5.97. The molecule has 0 aromatic carbocycles. The van der Waals surface area contributed by atoms with Gasteiger partial charge in [0.05, 0.1) is 11.6 Å². The molecule has 1 aromatic rings. The van der Waals surface area contributed by atoms with E-state index in [1.165, 1.54) is 6.08 Å². The van der Waals surface area contributed by atoms with Crippen molar-refractivity contribution in [2.24, 2.45) is 0 Å². The van der Waals surface area contributed by atoms with Crippen molar-refractivity contribution in [2.75, 3.05) is 6.61 Å². The molecule has 0 bridgehead atoms. The number of nitrogens with one attached hydrogen (secondary N) is 1. The van der Waals surface area contributed by atoms with E-state index < -0.39 is 5.97 Å². The van der Waals surface area contributed by atoms with Crippen molar-refractivity contribution in [3.63, 3.8) is 0 Å². The standard InChI is InChI=1S/C12H14ClNO3/c1-4-17-12(16)11-7(2)10(8(3)14-11)9(13)5-6-15/h5-6,14H,4H2,1-3H3/b9-5+. The summed E-state index contributed by atoms with van der Waals surface area (Å²) in [5.74, 6) is -0.421. The number of hydrogen-bond donors (Lipinski definition) is 1. The summed E-state index contributed by atoms with van der Waals surface area (Å²) in [6.07, 6.45) is 1.86. The second-order valence-electron chi connectivity index (χ2n) is 3.50. The molecule has 4 nitrogen and oxygen atoms in total. The van der Waals surface area contributed by atoms with Gasteiger partial charge in [0.15, 0.2) is 0 Å². The predicted molar refractivity (Wildman–Crippen MR) is 66.1 cm³/mol. The molecule has 1 aromatic heterocycles. The lowest BCUT2D eigenvalue weighted by atomic mass is 10.1. The van der Waals surface area contributed by atoms with Gasteiger partial charge in [-0.2, -0.15) is 0 Å². The van der Waals surface area contributed by atoms with Gasteiger partial charge in [0.25, 0.3) is 0 Å². The first-order chi connectivity index (χ1) is 8.02. The van der Waals surface area contributed by atoms with Crippen LogP contribution < -0.4 is 0 Å². The van der Waals surface area contributed by atoms with E-state index >= 15 is 0 Å². The van der Waals surface area contributed by atoms with Gasteiger partial charge >= 0.3 is 5.97 Å². The van der Waals surface area contributed by atoms with Crippen LogP contribution in [0, 0.1) is 13.8 Å². The highest BCUT2D eigenvalue weighted by atomic mass is 35.5. The van der Waals surface area contributed by atoms with Crippen LogP contribution in [0.1, 0.15) is 34.2 Å². The Morgan fingerprint density at radius 3 is 2.65 bits per heavy atom. The second-order valence-corrected chi connectivity index (χ2v) is 3.90. The van der Waals surface area contributed by atoms with Gasteiger partial charge in [0.2, 0.25) is 0 Å². The molecule has 1 rings (SSSR count). The van der Waals surface area contributed by atoms with Crippen molar-refractivity contribution in [3.8, 4) is 0 Å². The van der Waals surface area contributed by atoms with Crippen molar-refractivity contribution >= 4 is 28.9 Å². The maximum Gasteiger partial charge on any atom is 0.355 e. The van der Waals surface area contributed by atoms with Gasteiger partial charge in [-0.3, -0.25) is 4.79 Å². The molecule has 1 N–H and O–H groups in total. The third-order valence-corrected chi connectivity index (χ3v) is 2.69. The van der Waals surface area contributed by atoms with Crippen LogP contribution in [-0.4, -0.2) is 23.8 Å². The lowest BCUT2D eigenvalue weighted by Crippen LogP contribution is -2.06. The number of aldehydes is 1. The van der Waals surface area contributed by atoms with Crippen LogP contribution >= 0.6 is 11.6 Å². The lowest BCUT2D eigenvalue weighted by Gasteiger charge is -2.01. The fourth-order valence-electron chi connectivity index (χ4n) is 1.66. The van der Waals surface area contributed by atoms with Gasteiger partial charge in [-0.15, -0.1) is 0 Å². The van der Waals surface area contributed by atoms with Crippen molar-refractivity contribution in [2.45, 2.75) is 20.8 Å². The smallest absolute Gasteiger partial charge is 0.355 e. The Labute approximate surface area is 105 Å². The minimum Gasteiger partial charge on any atom is -0.461 e. The summed E-state index contributed by atoms with van der Waals surface area (Å²) in [5, 5.41) is 0.307. The number of aryl methyl sites for hydroxylation is 1. The van der Waals surface area contributed by atoms with Gasteiger partial charge in [-0.1, -0.05) is 11.6 Å². The van der Waals surface area contributed by atoms with Gasteiger partial charge in [-0.05, 0) is 32.4 Å². The molecule has 17 heavy (non-hydrogen) atoms. The highest BCUT2D eigenvalue weighted by molar-refractivity contribution is 6.50. The molecule has 0 saturated carbocycles. The lowest BCUT2D eigenvalue weighted by molar-refractivity contribution is -0.104. The number of allylic oxidation sites excluding steroid dienone is 1. The summed E-state index contributed by atoms with van der Waals surface area (Å²) in [7, 11) is 0. The molecule has 0 atom stereocenters. The van der Waals surface area contributed by atoms with Crippen LogP contribution in [0.2, 0.25) is 0 Å². The molecule has 0 unspecified atom stereocenters. The van der Waals surface area contributed by atoms with Crippen molar-refractivity contribution < 1.29 is 14.3 Å². The Morgan fingerprint density at radius 2 is 2.12 bits per heavy atom. The Balaban J connectivity index is 3.23. The van der Waals surface area contributed by atoms with Gasteiger partial charge < -0.3 is 9.72 Å². The molecule has 0 radical (unpaired) electrons. The average Bonchev–Trinajstić information content (AvgIpc) is 2.55. The molecule has 92 valence electrons. The summed E-state index contributed by atoms with van der Waals surface area (Å²) < 4.78 is 4.91. The first-order valence-corrected chi connectivity index (χ1v) is 5.58. The number of halogens is 1. The highest BCUT2D eigenvalue weighted by Gasteiger charge is 2.19. The summed E-state index contributed by atoms with van der Waals surface area (Å²) in [5.41, 5.74) is 2.45. The van der Waals surface area contributed by atoms with E-state index in [2.05, 4.69) is 4.98 Å². The van der Waals surface area contributed by atoms with Crippen LogP contribution in [0.25, 0.3) is 5.03 Å². The monoisotopic (exact) mass is 255 g/mol. The first-order valence-electron chi connectivity index (χ1n) is 5.20. The normalized spacial score (nSPS) is 11.4. The maximum atomic E-state index is 11.6. The number of carbonyl (C=O) groups is 2. The molecule has 0 aliphatic carbocycles. The van der Waals surface area contributed by atoms with E-state index in [-0.39, 0.29) is 0 Å². The van der Waals surface area contributed by atoms with E-state index in [0.717, 1.165) is 5.69 Å². The van der Waals surface area contributed by atoms with E-state index in [1.807, 2.05) is 0 Å². The van der Waals surface area contributed by atoms with Gasteiger partial charge in [0, 0.05) is 11.3 Å². The van der Waals surface area contributed by atoms with Crippen molar-refractivity contribution in [3.05, 3.63) is 28.6 Å². The molecule has 0 fully saturated rings. The summed E-state index contributed by atoms with van der Waals surface area (Å²) in [6.45, 7) is 5.59. The van der Waals surface area contributed by atoms with Gasteiger partial charge in [0.1, 0.15) is 12.0 Å². The summed E-state index contributed by atoms with van der Waals surface area (Å²) in [6, 6.07) is 0. The molecule has 0 spiro atoms. The highest BCUT2D eigenvalue weighted by Crippen LogP contribution is 2.28. The van der Waals surface area contributed by atoms with E-state index in [9.17, 15) is 9.59 Å². The Bertz CT molecular complexity index is 474. The van der Waals surface area contributed by atoms with Gasteiger partial charge in [-0.25, -0.2) is 4.79 Å². The molecule has 0 amide bonds. The predicted octanol–water partition coefficient (Wildman–Crippen LogP) is 2.59. The van der Waals surface area contributed by atoms with Crippen molar-refractivity contribution in [1.29, 1.82) is 0 Å². The third-order valence-electron chi connectivity index (χ3n) is 2.37. The topological polar surface area (TPSA) is 59.2 Å². The Hall–Kier alpha value is -1.55. The number of H-pyrrole nitrogens is 1. The van der Waals surface area contributed by atoms with Crippen LogP contribution in [-0.2, 0) is 9.53 Å². The number of aromatic amines is 1. The molecule has 1 heterocycles. The zero-order valence-corrected chi connectivity index (χ0v) is 10.7.